The van der Waals surface area contributed by atoms with Crippen molar-refractivity contribution in [2.24, 2.45) is 5.92 Å². The molecule has 1 heterocycles. The highest BCUT2D eigenvalue weighted by molar-refractivity contribution is 7.15. The van der Waals surface area contributed by atoms with Crippen LogP contribution >= 0.6 is 11.3 Å². The number of anilines is 1. The van der Waals surface area contributed by atoms with E-state index in [9.17, 15) is 5.11 Å². The largest absolute Gasteiger partial charge is 0.395 e. The number of aliphatic hydroxyl groups excluding tert-OH is 1. The maximum atomic E-state index is 9.27. The fourth-order valence-corrected chi connectivity index (χ4v) is 3.74. The van der Waals surface area contributed by atoms with E-state index >= 15 is 0 Å². The van der Waals surface area contributed by atoms with Crippen LogP contribution in [0.1, 0.15) is 43.9 Å². The average Bonchev–Trinajstić information content (AvgIpc) is 2.84. The minimum Gasteiger partial charge on any atom is -0.395 e. The molecule has 19 heavy (non-hydrogen) atoms. The molecule has 0 radical (unpaired) electrons. The van der Waals surface area contributed by atoms with Gasteiger partial charge in [0, 0.05) is 30.2 Å². The van der Waals surface area contributed by atoms with E-state index in [0.717, 1.165) is 19.0 Å². The Kier molecular flexibility index (Phi) is 5.60. The molecule has 0 unspecified atom stereocenters. The van der Waals surface area contributed by atoms with Crippen LogP contribution in [0.5, 0.6) is 0 Å². The highest BCUT2D eigenvalue weighted by Crippen LogP contribution is 2.30. The molecular formula is C14H25N3OS. The second-order valence-electron chi connectivity index (χ2n) is 5.44. The van der Waals surface area contributed by atoms with Crippen LogP contribution in [0, 0.1) is 5.92 Å². The summed E-state index contributed by atoms with van der Waals surface area (Å²) in [6.45, 7) is 4.13. The van der Waals surface area contributed by atoms with Crippen molar-refractivity contribution in [2.75, 3.05) is 18.9 Å². The number of nitrogens with zero attached hydrogens (tertiary/aromatic N) is 2. The van der Waals surface area contributed by atoms with E-state index in [2.05, 4.69) is 16.8 Å². The first-order valence-electron chi connectivity index (χ1n) is 7.28. The van der Waals surface area contributed by atoms with Gasteiger partial charge >= 0.3 is 0 Å². The Morgan fingerprint density at radius 3 is 2.68 bits per heavy atom. The van der Waals surface area contributed by atoms with Gasteiger partial charge in [0.15, 0.2) is 5.13 Å². The van der Waals surface area contributed by atoms with Crippen LogP contribution in [-0.4, -0.2) is 34.2 Å². The van der Waals surface area contributed by atoms with Gasteiger partial charge < -0.3 is 10.8 Å². The zero-order chi connectivity index (χ0) is 13.7. The Hall–Kier alpha value is -0.650. The van der Waals surface area contributed by atoms with Crippen molar-refractivity contribution < 1.29 is 5.11 Å². The SMILES string of the molecule is CCC1CCC(N(CCO)Cc2cnc(N)s2)CC1. The van der Waals surface area contributed by atoms with Crippen molar-refractivity contribution in [1.82, 2.24) is 9.88 Å². The van der Waals surface area contributed by atoms with Crippen LogP contribution < -0.4 is 5.73 Å². The molecule has 2 rings (SSSR count). The van der Waals surface area contributed by atoms with Crippen molar-refractivity contribution in [1.29, 1.82) is 0 Å². The zero-order valence-corrected chi connectivity index (χ0v) is 12.5. The number of thiazole rings is 1. The van der Waals surface area contributed by atoms with Gasteiger partial charge in [-0.15, -0.1) is 11.3 Å². The normalized spacial score (nSPS) is 23.9. The second-order valence-corrected chi connectivity index (χ2v) is 6.59. The molecule has 0 aliphatic heterocycles. The summed E-state index contributed by atoms with van der Waals surface area (Å²) in [5.41, 5.74) is 5.68. The third-order valence-corrected chi connectivity index (χ3v) is 5.04. The van der Waals surface area contributed by atoms with Crippen LogP contribution in [0.2, 0.25) is 0 Å². The van der Waals surface area contributed by atoms with Gasteiger partial charge in [0.1, 0.15) is 0 Å². The van der Waals surface area contributed by atoms with Gasteiger partial charge in [-0.1, -0.05) is 13.3 Å². The second kappa shape index (κ2) is 7.22. The minimum atomic E-state index is 0.224. The number of hydrogen-bond acceptors (Lipinski definition) is 5. The van der Waals surface area contributed by atoms with E-state index in [4.69, 9.17) is 5.73 Å². The average molecular weight is 283 g/mol. The van der Waals surface area contributed by atoms with Gasteiger partial charge in [-0.3, -0.25) is 4.90 Å². The van der Waals surface area contributed by atoms with Gasteiger partial charge in [0.2, 0.25) is 0 Å². The molecule has 5 heteroatoms. The maximum absolute atomic E-state index is 9.27. The van der Waals surface area contributed by atoms with E-state index in [-0.39, 0.29) is 6.61 Å². The lowest BCUT2D eigenvalue weighted by Crippen LogP contribution is -2.39. The number of nitrogens with two attached hydrogens (primary N) is 1. The topological polar surface area (TPSA) is 62.4 Å². The van der Waals surface area contributed by atoms with Crippen LogP contribution in [-0.2, 0) is 6.54 Å². The summed E-state index contributed by atoms with van der Waals surface area (Å²) in [6.07, 6.45) is 8.33. The molecule has 1 aromatic rings. The van der Waals surface area contributed by atoms with Gasteiger partial charge in [-0.2, -0.15) is 0 Å². The number of aromatic nitrogens is 1. The van der Waals surface area contributed by atoms with E-state index < -0.39 is 0 Å². The highest BCUT2D eigenvalue weighted by Gasteiger charge is 2.25. The lowest BCUT2D eigenvalue weighted by molar-refractivity contribution is 0.104. The number of nitrogen functional groups attached to an aromatic ring is 1. The molecule has 4 nitrogen and oxygen atoms in total. The number of hydrogen-bond donors (Lipinski definition) is 2. The monoisotopic (exact) mass is 283 g/mol. The fraction of sp³-hybridized carbons (Fsp3) is 0.786. The Bertz CT molecular complexity index is 375. The molecule has 0 saturated heterocycles. The van der Waals surface area contributed by atoms with Gasteiger partial charge in [-0.05, 0) is 31.6 Å². The van der Waals surface area contributed by atoms with Crippen LogP contribution in [0.15, 0.2) is 6.20 Å². The summed E-state index contributed by atoms with van der Waals surface area (Å²) in [6, 6.07) is 0.610. The quantitative estimate of drug-likeness (QED) is 0.842. The summed E-state index contributed by atoms with van der Waals surface area (Å²) in [5, 5.41) is 9.90. The molecule has 0 aromatic carbocycles. The van der Waals surface area contributed by atoms with E-state index in [1.165, 1.54) is 37.0 Å². The van der Waals surface area contributed by atoms with Crippen LogP contribution in [0.3, 0.4) is 0 Å². The lowest BCUT2D eigenvalue weighted by Gasteiger charge is -2.36. The lowest BCUT2D eigenvalue weighted by atomic mass is 9.84. The predicted molar refractivity (Wildman–Crippen MR) is 80.1 cm³/mol. The molecule has 1 aliphatic carbocycles. The summed E-state index contributed by atoms with van der Waals surface area (Å²) >= 11 is 1.55. The summed E-state index contributed by atoms with van der Waals surface area (Å²) in [4.78, 5) is 7.71. The fourth-order valence-electron chi connectivity index (χ4n) is 3.03. The molecule has 1 aliphatic rings. The molecule has 1 aromatic heterocycles. The highest BCUT2D eigenvalue weighted by atomic mass is 32.1. The standard InChI is InChI=1S/C14H25N3OS/c1-2-11-3-5-12(6-4-11)17(7-8-18)10-13-9-16-14(15)19-13/h9,11-12,18H,2-8,10H2,1H3,(H2,15,16). The first-order valence-corrected chi connectivity index (χ1v) is 8.09. The first kappa shape index (κ1) is 14.8. The molecule has 0 bridgehead atoms. The zero-order valence-electron chi connectivity index (χ0n) is 11.7. The van der Waals surface area contributed by atoms with Crippen molar-refractivity contribution in [3.63, 3.8) is 0 Å². The van der Waals surface area contributed by atoms with E-state index in [1.54, 1.807) is 11.3 Å². The Balaban J connectivity index is 1.92. The smallest absolute Gasteiger partial charge is 0.180 e. The third kappa shape index (κ3) is 4.16. The van der Waals surface area contributed by atoms with Crippen molar-refractivity contribution in [2.45, 2.75) is 51.6 Å². The third-order valence-electron chi connectivity index (χ3n) is 4.23. The Morgan fingerprint density at radius 1 is 1.42 bits per heavy atom. The van der Waals surface area contributed by atoms with Crippen LogP contribution in [0.4, 0.5) is 5.13 Å². The van der Waals surface area contributed by atoms with Gasteiger partial charge in [0.25, 0.3) is 0 Å². The molecule has 108 valence electrons. The minimum absolute atomic E-state index is 0.224. The van der Waals surface area contributed by atoms with Crippen molar-refractivity contribution >= 4 is 16.5 Å². The summed E-state index contributed by atoms with van der Waals surface area (Å²) in [5.74, 6) is 0.909. The first-order chi connectivity index (χ1) is 9.22. The number of aliphatic hydroxyl groups is 1. The summed E-state index contributed by atoms with van der Waals surface area (Å²) in [7, 11) is 0. The van der Waals surface area contributed by atoms with E-state index in [0.29, 0.717) is 11.2 Å². The van der Waals surface area contributed by atoms with E-state index in [1.807, 2.05) is 6.20 Å². The van der Waals surface area contributed by atoms with Crippen LogP contribution in [0.25, 0.3) is 0 Å². The predicted octanol–water partition coefficient (Wildman–Crippen LogP) is 2.49. The molecular weight excluding hydrogens is 258 g/mol. The molecule has 3 N–H and O–H groups in total. The Labute approximate surface area is 119 Å². The molecule has 0 spiro atoms. The maximum Gasteiger partial charge on any atom is 0.180 e. The molecule has 1 saturated carbocycles. The Morgan fingerprint density at radius 2 is 2.16 bits per heavy atom. The number of rotatable bonds is 6. The molecule has 0 atom stereocenters. The van der Waals surface area contributed by atoms with Gasteiger partial charge in [0.05, 0.1) is 6.61 Å². The molecule has 0 amide bonds. The molecule has 1 fully saturated rings. The van der Waals surface area contributed by atoms with Gasteiger partial charge in [-0.25, -0.2) is 4.98 Å². The summed E-state index contributed by atoms with van der Waals surface area (Å²) < 4.78 is 0. The van der Waals surface area contributed by atoms with Crippen molar-refractivity contribution in [3.8, 4) is 0 Å². The van der Waals surface area contributed by atoms with Crippen molar-refractivity contribution in [3.05, 3.63) is 11.1 Å².